The number of ether oxygens (including phenoxy) is 4. The molecule has 3 aliphatic heterocycles. The molecular formula is C14H25NO5. The first kappa shape index (κ1) is 14.7. The molecule has 3 rings (SSSR count). The fourth-order valence-corrected chi connectivity index (χ4v) is 3.44. The van der Waals surface area contributed by atoms with E-state index in [0.717, 1.165) is 0 Å². The van der Waals surface area contributed by atoms with Gasteiger partial charge in [-0.1, -0.05) is 0 Å². The van der Waals surface area contributed by atoms with Gasteiger partial charge in [-0.3, -0.25) is 0 Å². The lowest BCUT2D eigenvalue weighted by Gasteiger charge is -2.27. The van der Waals surface area contributed by atoms with Crippen LogP contribution in [0.5, 0.6) is 0 Å². The summed E-state index contributed by atoms with van der Waals surface area (Å²) >= 11 is 0. The van der Waals surface area contributed by atoms with E-state index in [1.807, 2.05) is 27.7 Å². The topological polar surface area (TPSA) is 69.2 Å². The summed E-state index contributed by atoms with van der Waals surface area (Å²) in [6.07, 6.45) is 0.478. The normalized spacial score (nSPS) is 45.8. The van der Waals surface area contributed by atoms with Crippen LogP contribution in [0.4, 0.5) is 0 Å². The van der Waals surface area contributed by atoms with E-state index in [9.17, 15) is 5.11 Å². The monoisotopic (exact) mass is 287 g/mol. The molecule has 0 unspecified atom stereocenters. The van der Waals surface area contributed by atoms with Gasteiger partial charge in [0.1, 0.15) is 18.3 Å². The lowest BCUT2D eigenvalue weighted by molar-refractivity contribution is -0.168. The Kier molecular flexibility index (Phi) is 3.60. The van der Waals surface area contributed by atoms with Crippen molar-refractivity contribution in [2.75, 3.05) is 13.2 Å². The second-order valence-electron chi connectivity index (χ2n) is 6.74. The van der Waals surface area contributed by atoms with Gasteiger partial charge in [0, 0.05) is 12.6 Å². The van der Waals surface area contributed by atoms with Gasteiger partial charge in [0.25, 0.3) is 0 Å². The molecule has 2 N–H and O–H groups in total. The first-order valence-corrected chi connectivity index (χ1v) is 7.36. The predicted molar refractivity (Wildman–Crippen MR) is 71.1 cm³/mol. The average Bonchev–Trinajstić information content (AvgIpc) is 2.92. The van der Waals surface area contributed by atoms with E-state index in [1.54, 1.807) is 0 Å². The molecule has 0 saturated carbocycles. The van der Waals surface area contributed by atoms with Gasteiger partial charge in [0.15, 0.2) is 11.6 Å². The Balaban J connectivity index is 1.75. The highest BCUT2D eigenvalue weighted by molar-refractivity contribution is 5.07. The molecular weight excluding hydrogens is 262 g/mol. The Labute approximate surface area is 119 Å². The molecule has 116 valence electrons. The Bertz CT molecular complexity index is 373. The van der Waals surface area contributed by atoms with Crippen molar-refractivity contribution >= 4 is 0 Å². The highest BCUT2D eigenvalue weighted by atomic mass is 16.8. The van der Waals surface area contributed by atoms with Crippen molar-refractivity contribution in [3.05, 3.63) is 0 Å². The predicted octanol–water partition coefficient (Wildman–Crippen LogP) is 0.381. The number of hydrogen-bond donors (Lipinski definition) is 2. The molecule has 0 aromatic carbocycles. The molecule has 0 spiro atoms. The maximum atomic E-state index is 9.22. The lowest BCUT2D eigenvalue weighted by Crippen LogP contribution is -2.47. The lowest BCUT2D eigenvalue weighted by atomic mass is 10.0. The van der Waals surface area contributed by atoms with Crippen molar-refractivity contribution < 1.29 is 24.1 Å². The number of fused-ring (bicyclic) bond motifs is 1. The van der Waals surface area contributed by atoms with Crippen molar-refractivity contribution in [1.82, 2.24) is 5.32 Å². The van der Waals surface area contributed by atoms with Gasteiger partial charge in [-0.25, -0.2) is 0 Å². The van der Waals surface area contributed by atoms with E-state index in [-0.39, 0.29) is 37.0 Å². The summed E-state index contributed by atoms with van der Waals surface area (Å²) < 4.78 is 23.6. The molecule has 3 saturated heterocycles. The third-order valence-corrected chi connectivity index (χ3v) is 4.19. The Morgan fingerprint density at radius 2 is 1.75 bits per heavy atom. The van der Waals surface area contributed by atoms with Crippen LogP contribution in [0.15, 0.2) is 0 Å². The molecule has 5 atom stereocenters. The molecule has 20 heavy (non-hydrogen) atoms. The van der Waals surface area contributed by atoms with Crippen LogP contribution in [0.1, 0.15) is 34.1 Å². The van der Waals surface area contributed by atoms with E-state index < -0.39 is 11.6 Å². The minimum atomic E-state index is -0.585. The van der Waals surface area contributed by atoms with Crippen LogP contribution in [-0.2, 0) is 18.9 Å². The Hall–Kier alpha value is -0.240. The molecule has 0 bridgehead atoms. The van der Waals surface area contributed by atoms with Gasteiger partial charge in [0.2, 0.25) is 0 Å². The van der Waals surface area contributed by atoms with Crippen LogP contribution in [0.2, 0.25) is 0 Å². The van der Waals surface area contributed by atoms with Gasteiger partial charge < -0.3 is 29.4 Å². The van der Waals surface area contributed by atoms with E-state index >= 15 is 0 Å². The first-order chi connectivity index (χ1) is 9.31. The minimum Gasteiger partial charge on any atom is -0.396 e. The summed E-state index contributed by atoms with van der Waals surface area (Å²) in [6.45, 7) is 8.36. The van der Waals surface area contributed by atoms with Crippen molar-refractivity contribution in [3.8, 4) is 0 Å². The van der Waals surface area contributed by atoms with E-state index in [4.69, 9.17) is 18.9 Å². The summed E-state index contributed by atoms with van der Waals surface area (Å²) in [5.41, 5.74) is 0. The Morgan fingerprint density at radius 3 is 2.35 bits per heavy atom. The third kappa shape index (κ3) is 2.61. The van der Waals surface area contributed by atoms with Crippen molar-refractivity contribution in [2.24, 2.45) is 0 Å². The Morgan fingerprint density at radius 1 is 1.05 bits per heavy atom. The van der Waals surface area contributed by atoms with Crippen LogP contribution in [-0.4, -0.2) is 60.3 Å². The summed E-state index contributed by atoms with van der Waals surface area (Å²) in [4.78, 5) is 0. The van der Waals surface area contributed by atoms with Gasteiger partial charge >= 0.3 is 0 Å². The molecule has 3 aliphatic rings. The van der Waals surface area contributed by atoms with Crippen LogP contribution in [0.25, 0.3) is 0 Å². The fourth-order valence-electron chi connectivity index (χ4n) is 3.44. The number of hydrogen-bond acceptors (Lipinski definition) is 6. The van der Waals surface area contributed by atoms with Crippen LogP contribution in [0, 0.1) is 0 Å². The van der Waals surface area contributed by atoms with Crippen molar-refractivity contribution in [3.63, 3.8) is 0 Å². The zero-order chi connectivity index (χ0) is 14.5. The van der Waals surface area contributed by atoms with E-state index in [0.29, 0.717) is 13.0 Å². The largest absolute Gasteiger partial charge is 0.396 e. The number of aliphatic hydroxyl groups excluding tert-OH is 1. The zero-order valence-corrected chi connectivity index (χ0v) is 12.6. The third-order valence-electron chi connectivity index (χ3n) is 4.19. The van der Waals surface area contributed by atoms with Crippen LogP contribution < -0.4 is 5.32 Å². The van der Waals surface area contributed by atoms with Gasteiger partial charge in [-0.15, -0.1) is 0 Å². The summed E-state index contributed by atoms with van der Waals surface area (Å²) in [5, 5.41) is 12.7. The number of rotatable bonds is 3. The average molecular weight is 287 g/mol. The van der Waals surface area contributed by atoms with Crippen molar-refractivity contribution in [1.29, 1.82) is 0 Å². The summed E-state index contributed by atoms with van der Waals surface area (Å²) in [7, 11) is 0. The van der Waals surface area contributed by atoms with Gasteiger partial charge in [-0.05, 0) is 34.1 Å². The molecule has 3 fully saturated rings. The zero-order valence-electron chi connectivity index (χ0n) is 12.6. The number of nitrogens with one attached hydrogen (secondary N) is 1. The molecule has 0 aromatic rings. The SMILES string of the molecule is CC1(C)O[C@H]2[C@H]([C@H]3COC(C)(C)O3)N[C@@H](CCO)[C@H]2O1. The highest BCUT2D eigenvalue weighted by Crippen LogP contribution is 2.39. The molecule has 6 nitrogen and oxygen atoms in total. The highest BCUT2D eigenvalue weighted by Gasteiger charge is 2.57. The fraction of sp³-hybridized carbons (Fsp3) is 1.00. The van der Waals surface area contributed by atoms with Crippen LogP contribution >= 0.6 is 0 Å². The second-order valence-corrected chi connectivity index (χ2v) is 6.74. The second kappa shape index (κ2) is 4.90. The number of aliphatic hydroxyl groups is 1. The first-order valence-electron chi connectivity index (χ1n) is 7.36. The molecule has 0 amide bonds. The molecule has 3 heterocycles. The van der Waals surface area contributed by atoms with E-state index in [1.165, 1.54) is 0 Å². The van der Waals surface area contributed by atoms with Gasteiger partial charge in [-0.2, -0.15) is 0 Å². The molecule has 6 heteroatoms. The van der Waals surface area contributed by atoms with E-state index in [2.05, 4.69) is 5.32 Å². The maximum Gasteiger partial charge on any atom is 0.163 e. The van der Waals surface area contributed by atoms with Crippen LogP contribution in [0.3, 0.4) is 0 Å². The minimum absolute atomic E-state index is 0.0279. The summed E-state index contributed by atoms with van der Waals surface area (Å²) in [6, 6.07) is 0.115. The molecule has 0 radical (unpaired) electrons. The quantitative estimate of drug-likeness (QED) is 0.782. The smallest absolute Gasteiger partial charge is 0.163 e. The molecule has 0 aromatic heterocycles. The summed E-state index contributed by atoms with van der Waals surface area (Å²) in [5.74, 6) is -1.13. The van der Waals surface area contributed by atoms with Crippen molar-refractivity contribution in [2.45, 2.75) is 76.1 Å². The maximum absolute atomic E-state index is 9.22. The standard InChI is InChI=1S/C14H25NO5/c1-13(2)17-7-9(18-13)10-12-11(8(15-10)5-6-16)19-14(3,4)20-12/h8-12,15-16H,5-7H2,1-4H3/t8-,9+,10-,11+,12-/m0/s1. The van der Waals surface area contributed by atoms with Gasteiger partial charge in [0.05, 0.1) is 12.6 Å². The molecule has 0 aliphatic carbocycles.